The van der Waals surface area contributed by atoms with Crippen molar-refractivity contribution in [2.24, 2.45) is 0 Å². The summed E-state index contributed by atoms with van der Waals surface area (Å²) in [4.78, 5) is 2.49. The average molecular weight is 325 g/mol. The summed E-state index contributed by atoms with van der Waals surface area (Å²) >= 11 is 0. The molecule has 0 bridgehead atoms. The molecule has 0 saturated heterocycles. The van der Waals surface area contributed by atoms with Crippen molar-refractivity contribution < 1.29 is 14.6 Å². The Balaban J connectivity index is 1.78. The van der Waals surface area contributed by atoms with Crippen molar-refractivity contribution in [2.75, 3.05) is 20.8 Å². The largest absolute Gasteiger partial charge is 0.508 e. The summed E-state index contributed by atoms with van der Waals surface area (Å²) in [6, 6.07) is 8.57. The molecule has 1 atom stereocenters. The standard InChI is InChI=1S/C20H23NO3/c1-12-8-14-6-7-21-11-16-13(4-5-19(23-2)20(16)24-3)9-17(21)15(14)10-18(12)22/h4-5,8,10,17,22H,6-7,9,11H2,1-3H3/t17-/m0/s1. The van der Waals surface area contributed by atoms with E-state index in [1.165, 1.54) is 22.3 Å². The van der Waals surface area contributed by atoms with E-state index in [0.717, 1.165) is 43.0 Å². The molecule has 0 aromatic heterocycles. The van der Waals surface area contributed by atoms with Crippen LogP contribution in [0, 0.1) is 6.92 Å². The molecule has 0 unspecified atom stereocenters. The highest BCUT2D eigenvalue weighted by Gasteiger charge is 2.34. The maximum Gasteiger partial charge on any atom is 0.165 e. The van der Waals surface area contributed by atoms with Crippen molar-refractivity contribution in [3.05, 3.63) is 52.1 Å². The Hall–Kier alpha value is -2.20. The summed E-state index contributed by atoms with van der Waals surface area (Å²) in [5, 5.41) is 10.2. The first kappa shape index (κ1) is 15.3. The number of aryl methyl sites for hydroxylation is 1. The van der Waals surface area contributed by atoms with Gasteiger partial charge in [0.15, 0.2) is 11.5 Å². The van der Waals surface area contributed by atoms with Crippen LogP contribution in [0.2, 0.25) is 0 Å². The normalized spacial score (nSPS) is 19.2. The Morgan fingerprint density at radius 1 is 1.12 bits per heavy atom. The van der Waals surface area contributed by atoms with Crippen molar-refractivity contribution in [3.63, 3.8) is 0 Å². The van der Waals surface area contributed by atoms with Gasteiger partial charge in [0.05, 0.1) is 14.2 Å². The first-order valence-corrected chi connectivity index (χ1v) is 8.41. The van der Waals surface area contributed by atoms with Crippen LogP contribution in [0.3, 0.4) is 0 Å². The van der Waals surface area contributed by atoms with E-state index in [4.69, 9.17) is 9.47 Å². The molecule has 1 N–H and O–H groups in total. The number of rotatable bonds is 2. The summed E-state index contributed by atoms with van der Waals surface area (Å²) in [5.74, 6) is 2.04. The van der Waals surface area contributed by atoms with Crippen molar-refractivity contribution in [1.82, 2.24) is 4.90 Å². The van der Waals surface area contributed by atoms with Crippen LogP contribution in [-0.2, 0) is 19.4 Å². The van der Waals surface area contributed by atoms with Gasteiger partial charge in [-0.05, 0) is 54.2 Å². The highest BCUT2D eigenvalue weighted by Crippen LogP contribution is 2.44. The summed E-state index contributed by atoms with van der Waals surface area (Å²) in [6.07, 6.45) is 1.96. The van der Waals surface area contributed by atoms with E-state index >= 15 is 0 Å². The summed E-state index contributed by atoms with van der Waals surface area (Å²) in [5.41, 5.74) is 6.14. The molecule has 0 radical (unpaired) electrons. The number of benzene rings is 2. The van der Waals surface area contributed by atoms with Gasteiger partial charge >= 0.3 is 0 Å². The fourth-order valence-electron chi connectivity index (χ4n) is 4.15. The van der Waals surface area contributed by atoms with E-state index in [0.29, 0.717) is 11.8 Å². The highest BCUT2D eigenvalue weighted by atomic mass is 16.5. The second kappa shape index (κ2) is 5.71. The van der Waals surface area contributed by atoms with Crippen LogP contribution in [0.25, 0.3) is 0 Å². The molecule has 126 valence electrons. The lowest BCUT2D eigenvalue weighted by atomic mass is 9.83. The Morgan fingerprint density at radius 3 is 2.71 bits per heavy atom. The second-order valence-electron chi connectivity index (χ2n) is 6.72. The van der Waals surface area contributed by atoms with Gasteiger partial charge in [0.25, 0.3) is 0 Å². The monoisotopic (exact) mass is 325 g/mol. The maximum absolute atomic E-state index is 10.2. The number of fused-ring (bicyclic) bond motifs is 4. The zero-order chi connectivity index (χ0) is 16.8. The zero-order valence-electron chi connectivity index (χ0n) is 14.4. The number of phenols is 1. The van der Waals surface area contributed by atoms with E-state index in [-0.39, 0.29) is 0 Å². The Morgan fingerprint density at radius 2 is 1.96 bits per heavy atom. The van der Waals surface area contributed by atoms with Crippen LogP contribution in [0.4, 0.5) is 0 Å². The molecule has 0 saturated carbocycles. The van der Waals surface area contributed by atoms with E-state index in [1.54, 1.807) is 14.2 Å². The van der Waals surface area contributed by atoms with Crippen molar-refractivity contribution in [3.8, 4) is 17.2 Å². The number of nitrogens with zero attached hydrogens (tertiary/aromatic N) is 1. The van der Waals surface area contributed by atoms with Crippen LogP contribution in [-0.4, -0.2) is 30.8 Å². The fourth-order valence-corrected chi connectivity index (χ4v) is 4.15. The van der Waals surface area contributed by atoms with Crippen LogP contribution in [0.15, 0.2) is 24.3 Å². The smallest absolute Gasteiger partial charge is 0.165 e. The number of hydrogen-bond acceptors (Lipinski definition) is 4. The van der Waals surface area contributed by atoms with Gasteiger partial charge in [-0.3, -0.25) is 4.90 Å². The topological polar surface area (TPSA) is 41.9 Å². The quantitative estimate of drug-likeness (QED) is 0.919. The number of aromatic hydroxyl groups is 1. The maximum atomic E-state index is 10.2. The Labute approximate surface area is 142 Å². The molecule has 24 heavy (non-hydrogen) atoms. The lowest BCUT2D eigenvalue weighted by Gasteiger charge is -2.42. The molecule has 0 spiro atoms. The molecule has 2 aromatic rings. The minimum Gasteiger partial charge on any atom is -0.508 e. The van der Waals surface area contributed by atoms with Gasteiger partial charge in [-0.25, -0.2) is 0 Å². The average Bonchev–Trinajstić information content (AvgIpc) is 2.60. The summed E-state index contributed by atoms with van der Waals surface area (Å²) in [7, 11) is 3.38. The third kappa shape index (κ3) is 2.25. The molecule has 2 aliphatic rings. The molecule has 0 amide bonds. The fraction of sp³-hybridized carbons (Fsp3) is 0.400. The first-order chi connectivity index (χ1) is 11.6. The van der Waals surface area contributed by atoms with E-state index in [1.807, 2.05) is 19.1 Å². The SMILES string of the molecule is COc1ccc2c(c1OC)CN1CCc3cc(C)c(O)cc3[C@@H]1C2. The van der Waals surface area contributed by atoms with Gasteiger partial charge in [-0.15, -0.1) is 0 Å². The molecule has 0 aliphatic carbocycles. The molecule has 4 nitrogen and oxygen atoms in total. The predicted molar refractivity (Wildman–Crippen MR) is 92.9 cm³/mol. The molecular formula is C20H23NO3. The lowest BCUT2D eigenvalue weighted by molar-refractivity contribution is 0.157. The van der Waals surface area contributed by atoms with Gasteiger partial charge in [-0.1, -0.05) is 12.1 Å². The zero-order valence-corrected chi connectivity index (χ0v) is 14.4. The van der Waals surface area contributed by atoms with Gasteiger partial charge in [0.2, 0.25) is 0 Å². The Bertz CT molecular complexity index is 800. The summed E-state index contributed by atoms with van der Waals surface area (Å²) < 4.78 is 11.1. The van der Waals surface area contributed by atoms with Crippen LogP contribution < -0.4 is 9.47 Å². The van der Waals surface area contributed by atoms with Crippen LogP contribution in [0.5, 0.6) is 17.2 Å². The second-order valence-corrected chi connectivity index (χ2v) is 6.72. The molecule has 0 fully saturated rings. The van der Waals surface area contributed by atoms with E-state index < -0.39 is 0 Å². The van der Waals surface area contributed by atoms with Gasteiger partial charge < -0.3 is 14.6 Å². The molecule has 2 heterocycles. The summed E-state index contributed by atoms with van der Waals surface area (Å²) in [6.45, 7) is 3.85. The van der Waals surface area contributed by atoms with E-state index in [9.17, 15) is 5.11 Å². The molecule has 2 aliphatic heterocycles. The number of phenolic OH excluding ortho intramolecular Hbond substituents is 1. The lowest BCUT2D eigenvalue weighted by Crippen LogP contribution is -2.39. The van der Waals surface area contributed by atoms with Crippen molar-refractivity contribution >= 4 is 0 Å². The molecular weight excluding hydrogens is 302 g/mol. The van der Waals surface area contributed by atoms with E-state index in [2.05, 4.69) is 17.0 Å². The molecule has 2 aromatic carbocycles. The van der Waals surface area contributed by atoms with Gasteiger partial charge in [-0.2, -0.15) is 0 Å². The minimum atomic E-state index is 0.325. The van der Waals surface area contributed by atoms with Gasteiger partial charge in [0.1, 0.15) is 5.75 Å². The number of methoxy groups -OCH3 is 2. The minimum absolute atomic E-state index is 0.325. The van der Waals surface area contributed by atoms with Crippen molar-refractivity contribution in [1.29, 1.82) is 0 Å². The van der Waals surface area contributed by atoms with Gasteiger partial charge in [0, 0.05) is 24.7 Å². The molecule has 4 heteroatoms. The molecule has 4 rings (SSSR count). The highest BCUT2D eigenvalue weighted by molar-refractivity contribution is 5.53. The number of hydrogen-bond donors (Lipinski definition) is 1. The van der Waals surface area contributed by atoms with Crippen molar-refractivity contribution in [2.45, 2.75) is 32.4 Å². The Kier molecular flexibility index (Phi) is 3.65. The third-order valence-corrected chi connectivity index (χ3v) is 5.45. The van der Waals surface area contributed by atoms with Crippen LogP contribution >= 0.6 is 0 Å². The predicted octanol–water partition coefficient (Wildman–Crippen LogP) is 3.37. The first-order valence-electron chi connectivity index (χ1n) is 8.41. The number of ether oxygens (including phenoxy) is 2. The van der Waals surface area contributed by atoms with Crippen LogP contribution in [0.1, 0.15) is 33.9 Å². The third-order valence-electron chi connectivity index (χ3n) is 5.45.